The summed E-state index contributed by atoms with van der Waals surface area (Å²) in [6.07, 6.45) is 0. The Balaban J connectivity index is 0. The monoisotopic (exact) mass is 269 g/mol. The molecule has 0 heterocycles. The minimum Gasteiger partial charge on any atom is -0.199 e. The fourth-order valence-corrected chi connectivity index (χ4v) is 0.749. The van der Waals surface area contributed by atoms with Crippen LogP contribution >= 0.6 is 28.3 Å². The summed E-state index contributed by atoms with van der Waals surface area (Å²) in [6, 6.07) is 7.87. The van der Waals surface area contributed by atoms with Crippen LogP contribution < -0.4 is 0 Å². The van der Waals surface area contributed by atoms with E-state index < -0.39 is 0 Å². The Hall–Kier alpha value is 0.483. The van der Waals surface area contributed by atoms with E-state index in [1.54, 1.807) is 0 Å². The molecule has 1 rings (SSSR count). The molecule has 0 aliphatic rings. The summed E-state index contributed by atoms with van der Waals surface area (Å²) in [5.74, 6) is 0. The van der Waals surface area contributed by atoms with E-state index in [9.17, 15) is 0 Å². The van der Waals surface area contributed by atoms with Crippen molar-refractivity contribution in [1.82, 2.24) is 0 Å². The van der Waals surface area contributed by atoms with Gasteiger partial charge in [-0.1, -0.05) is 15.9 Å². The van der Waals surface area contributed by atoms with E-state index in [0.717, 1.165) is 10.0 Å². The van der Waals surface area contributed by atoms with Crippen LogP contribution in [0.4, 0.5) is 0 Å². The maximum absolute atomic E-state index is 3.74. The zero-order valence-corrected chi connectivity index (χ0v) is 10.9. The topological polar surface area (TPSA) is 0 Å². The van der Waals surface area contributed by atoms with Gasteiger partial charge >= 0.3 is 0 Å². The van der Waals surface area contributed by atoms with Crippen LogP contribution in [0.5, 0.6) is 0 Å². The molecule has 10 heavy (non-hydrogen) atoms. The van der Waals surface area contributed by atoms with Crippen LogP contribution in [0.2, 0.25) is 0 Å². The van der Waals surface area contributed by atoms with Crippen molar-refractivity contribution < 1.29 is 19.5 Å². The Morgan fingerprint density at radius 3 is 1.80 bits per heavy atom. The Kier molecular flexibility index (Phi) is 8.14. The van der Waals surface area contributed by atoms with Crippen molar-refractivity contribution >= 4 is 28.3 Å². The molecule has 1 aromatic rings. The van der Waals surface area contributed by atoms with Gasteiger partial charge in [-0.2, -0.15) is 24.6 Å². The first-order chi connectivity index (χ1) is 3.79. The average Bonchev–Trinajstić information content (AvgIpc) is 1.77. The molecule has 0 unspecified atom stereocenters. The van der Waals surface area contributed by atoms with E-state index in [4.69, 9.17) is 0 Å². The van der Waals surface area contributed by atoms with Gasteiger partial charge in [0.15, 0.2) is 0 Å². The predicted molar refractivity (Wildman–Crippen MR) is 45.8 cm³/mol. The number of rotatable bonds is 0. The third kappa shape index (κ3) is 4.32. The van der Waals surface area contributed by atoms with E-state index in [1.807, 2.05) is 24.3 Å². The van der Waals surface area contributed by atoms with E-state index in [0.29, 0.717) is 0 Å². The Labute approximate surface area is 88.7 Å². The molecule has 0 fully saturated rings. The van der Waals surface area contributed by atoms with Gasteiger partial charge < -0.3 is 0 Å². The molecule has 0 atom stereocenters. The first-order valence-electron chi connectivity index (χ1n) is 2.36. The number of hydrogen-bond donors (Lipinski definition) is 0. The molecule has 0 radical (unpaired) electrons. The molecule has 0 N–H and O–H groups in total. The molecule has 0 aromatic heterocycles. The van der Waals surface area contributed by atoms with Crippen molar-refractivity contribution in [2.24, 2.45) is 0 Å². The molecule has 0 nitrogen and oxygen atoms in total. The number of hydrogen-bond acceptors (Lipinski definition) is 0. The van der Waals surface area contributed by atoms with Gasteiger partial charge in [0.25, 0.3) is 0 Å². The molecule has 1 aromatic carbocycles. The standard InChI is InChI=1S/C7H6Br.ClH.Zn/c1-6-2-4-7(8)5-3-6;;/h2-5H,1H2;1H;/q-1;;. The second kappa shape index (κ2) is 6.21. The summed E-state index contributed by atoms with van der Waals surface area (Å²) in [6.45, 7) is 3.74. The van der Waals surface area contributed by atoms with Crippen LogP contribution in [0, 0.1) is 6.92 Å². The van der Waals surface area contributed by atoms with Crippen molar-refractivity contribution in [3.63, 3.8) is 0 Å². The molecule has 0 bridgehead atoms. The molecular weight excluding hydrogens is 265 g/mol. The molecule has 0 spiro atoms. The second-order valence-electron chi connectivity index (χ2n) is 1.63. The first-order valence-corrected chi connectivity index (χ1v) is 3.16. The summed E-state index contributed by atoms with van der Waals surface area (Å²) in [5.41, 5.74) is 1.05. The normalized spacial score (nSPS) is 7.30. The molecular formula is C7H7BrClZn-. The van der Waals surface area contributed by atoms with Gasteiger partial charge in [-0.3, -0.25) is 0 Å². The predicted octanol–water partition coefficient (Wildman–Crippen LogP) is 3.05. The van der Waals surface area contributed by atoms with Gasteiger partial charge in [-0.05, 0) is 4.47 Å². The van der Waals surface area contributed by atoms with E-state index in [2.05, 4.69) is 22.9 Å². The van der Waals surface area contributed by atoms with Gasteiger partial charge in [0.1, 0.15) is 0 Å². The van der Waals surface area contributed by atoms with Gasteiger partial charge in [-0.15, -0.1) is 24.5 Å². The van der Waals surface area contributed by atoms with Gasteiger partial charge in [0, 0.05) is 19.5 Å². The van der Waals surface area contributed by atoms with Crippen LogP contribution in [0.3, 0.4) is 0 Å². The molecule has 52 valence electrons. The maximum atomic E-state index is 3.74. The minimum absolute atomic E-state index is 0. The summed E-state index contributed by atoms with van der Waals surface area (Å²) >= 11 is 3.32. The third-order valence-corrected chi connectivity index (χ3v) is 1.44. The number of benzene rings is 1. The first kappa shape index (κ1) is 13.1. The molecule has 0 aliphatic carbocycles. The van der Waals surface area contributed by atoms with E-state index in [1.165, 1.54) is 0 Å². The smallest absolute Gasteiger partial charge is 0 e. The summed E-state index contributed by atoms with van der Waals surface area (Å²) in [5, 5.41) is 0. The molecule has 3 heteroatoms. The summed E-state index contributed by atoms with van der Waals surface area (Å²) in [4.78, 5) is 0. The fraction of sp³-hybridized carbons (Fsp3) is 0. The Bertz CT molecular complexity index is 152. The zero-order chi connectivity index (χ0) is 5.98. The average molecular weight is 272 g/mol. The van der Waals surface area contributed by atoms with Crippen molar-refractivity contribution in [2.75, 3.05) is 0 Å². The van der Waals surface area contributed by atoms with Crippen LogP contribution in [-0.2, 0) is 19.5 Å². The summed E-state index contributed by atoms with van der Waals surface area (Å²) < 4.78 is 1.10. The fourth-order valence-electron chi connectivity index (χ4n) is 0.484. The van der Waals surface area contributed by atoms with E-state index in [-0.39, 0.29) is 31.9 Å². The SMILES string of the molecule is Cl.[CH2-]c1ccc(Br)cc1.[Zn]. The zero-order valence-electron chi connectivity index (χ0n) is 5.51. The van der Waals surface area contributed by atoms with Crippen molar-refractivity contribution in [1.29, 1.82) is 0 Å². The third-order valence-electron chi connectivity index (χ3n) is 0.913. The van der Waals surface area contributed by atoms with Gasteiger partial charge in [0.05, 0.1) is 0 Å². The summed E-state index contributed by atoms with van der Waals surface area (Å²) in [7, 11) is 0. The van der Waals surface area contributed by atoms with Crippen molar-refractivity contribution in [3.8, 4) is 0 Å². The Morgan fingerprint density at radius 2 is 1.50 bits per heavy atom. The Morgan fingerprint density at radius 1 is 1.10 bits per heavy atom. The van der Waals surface area contributed by atoms with Crippen LogP contribution in [0.25, 0.3) is 0 Å². The largest absolute Gasteiger partial charge is 0.199 e. The van der Waals surface area contributed by atoms with Crippen LogP contribution in [0.1, 0.15) is 5.56 Å². The molecule has 0 saturated carbocycles. The quantitative estimate of drug-likeness (QED) is 0.503. The van der Waals surface area contributed by atoms with Crippen LogP contribution in [-0.4, -0.2) is 0 Å². The molecule has 0 saturated heterocycles. The van der Waals surface area contributed by atoms with Gasteiger partial charge in [0.2, 0.25) is 0 Å². The molecule has 0 amide bonds. The van der Waals surface area contributed by atoms with Crippen LogP contribution in [0.15, 0.2) is 28.7 Å². The van der Waals surface area contributed by atoms with Crippen molar-refractivity contribution in [2.45, 2.75) is 0 Å². The van der Waals surface area contributed by atoms with Gasteiger partial charge in [-0.25, -0.2) is 0 Å². The second-order valence-corrected chi connectivity index (χ2v) is 2.54. The molecule has 0 aliphatic heterocycles. The minimum atomic E-state index is 0. The number of halogens is 2. The van der Waals surface area contributed by atoms with Crippen molar-refractivity contribution in [3.05, 3.63) is 41.2 Å². The van der Waals surface area contributed by atoms with E-state index >= 15 is 0 Å². The maximum Gasteiger partial charge on any atom is 0 e.